The van der Waals surface area contributed by atoms with Crippen LogP contribution in [0, 0.1) is 0 Å². The summed E-state index contributed by atoms with van der Waals surface area (Å²) in [7, 11) is 0. The van der Waals surface area contributed by atoms with E-state index < -0.39 is 23.5 Å². The van der Waals surface area contributed by atoms with Crippen molar-refractivity contribution in [3.05, 3.63) is 95.4 Å². The number of hydrogen-bond acceptors (Lipinski definition) is 5. The van der Waals surface area contributed by atoms with E-state index in [-0.39, 0.29) is 16.7 Å². The van der Waals surface area contributed by atoms with Crippen molar-refractivity contribution in [2.24, 2.45) is 0 Å². The van der Waals surface area contributed by atoms with Gasteiger partial charge >= 0.3 is 0 Å². The van der Waals surface area contributed by atoms with E-state index >= 15 is 0 Å². The van der Waals surface area contributed by atoms with Crippen LogP contribution in [-0.2, 0) is 10.2 Å². The number of carbonyl (C=O) groups is 2. The van der Waals surface area contributed by atoms with Crippen LogP contribution in [0.5, 0.6) is 0 Å². The van der Waals surface area contributed by atoms with Crippen LogP contribution in [0.2, 0.25) is 0 Å². The predicted molar refractivity (Wildman–Crippen MR) is 112 cm³/mol. The fourth-order valence-corrected chi connectivity index (χ4v) is 3.62. The maximum Gasteiger partial charge on any atom is 0.294 e. The molecule has 1 aromatic carbocycles. The maximum atomic E-state index is 13.1. The lowest BCUT2D eigenvalue weighted by Gasteiger charge is -2.27. The molecule has 3 heterocycles. The molecule has 30 heavy (non-hydrogen) atoms. The van der Waals surface area contributed by atoms with Gasteiger partial charge in [0, 0.05) is 18.1 Å². The molecule has 6 nitrogen and oxygen atoms in total. The van der Waals surface area contributed by atoms with Crippen LogP contribution in [0.4, 0.5) is 5.69 Å². The molecule has 152 valence electrons. The van der Waals surface area contributed by atoms with Crippen LogP contribution < -0.4 is 4.90 Å². The van der Waals surface area contributed by atoms with Gasteiger partial charge < -0.3 is 9.52 Å². The highest BCUT2D eigenvalue weighted by Crippen LogP contribution is 2.42. The Morgan fingerprint density at radius 1 is 1.10 bits per heavy atom. The summed E-state index contributed by atoms with van der Waals surface area (Å²) in [6.07, 6.45) is 4.58. The molecule has 1 aliphatic rings. The van der Waals surface area contributed by atoms with Gasteiger partial charge in [-0.15, -0.1) is 0 Å². The van der Waals surface area contributed by atoms with Crippen LogP contribution in [0.15, 0.2) is 82.9 Å². The molecule has 0 spiro atoms. The monoisotopic (exact) mass is 402 g/mol. The Bertz CT molecular complexity index is 1110. The number of ketones is 1. The first-order valence-electron chi connectivity index (χ1n) is 9.64. The topological polar surface area (TPSA) is 83.6 Å². The highest BCUT2D eigenvalue weighted by molar-refractivity contribution is 6.20. The summed E-state index contributed by atoms with van der Waals surface area (Å²) in [4.78, 5) is 31.7. The lowest BCUT2D eigenvalue weighted by molar-refractivity contribution is -0.117. The van der Waals surface area contributed by atoms with Crippen molar-refractivity contribution in [3.8, 4) is 0 Å². The van der Waals surface area contributed by atoms with Crippen molar-refractivity contribution in [3.63, 3.8) is 0 Å². The Hall–Kier alpha value is -3.67. The number of carbonyl (C=O) groups excluding carboxylic acids is 2. The fraction of sp³-hybridized carbons (Fsp3) is 0.208. The Morgan fingerprint density at radius 2 is 1.83 bits per heavy atom. The first-order valence-corrected chi connectivity index (χ1v) is 9.64. The van der Waals surface area contributed by atoms with Gasteiger partial charge in [-0.25, -0.2) is 0 Å². The van der Waals surface area contributed by atoms with Gasteiger partial charge in [-0.3, -0.25) is 19.5 Å². The number of anilines is 1. The van der Waals surface area contributed by atoms with E-state index in [1.807, 2.05) is 24.3 Å². The summed E-state index contributed by atoms with van der Waals surface area (Å²) in [5, 5.41) is 10.7. The summed E-state index contributed by atoms with van der Waals surface area (Å²) in [5.74, 6) is -1.69. The summed E-state index contributed by atoms with van der Waals surface area (Å²) in [6, 6.07) is 13.3. The minimum atomic E-state index is -0.815. The van der Waals surface area contributed by atoms with Gasteiger partial charge in [0.1, 0.15) is 0 Å². The number of amides is 1. The second-order valence-electron chi connectivity index (χ2n) is 8.23. The fourth-order valence-electron chi connectivity index (χ4n) is 3.62. The lowest BCUT2D eigenvalue weighted by Crippen LogP contribution is -2.31. The lowest BCUT2D eigenvalue weighted by atomic mass is 9.87. The summed E-state index contributed by atoms with van der Waals surface area (Å²) in [6.45, 7) is 6.32. The predicted octanol–water partition coefficient (Wildman–Crippen LogP) is 4.76. The third-order valence-corrected chi connectivity index (χ3v) is 5.21. The number of benzene rings is 1. The van der Waals surface area contributed by atoms with Gasteiger partial charge in [0.25, 0.3) is 5.91 Å². The smallest absolute Gasteiger partial charge is 0.294 e. The molecule has 1 atom stereocenters. The van der Waals surface area contributed by atoms with Crippen molar-refractivity contribution in [1.29, 1.82) is 0 Å². The van der Waals surface area contributed by atoms with Crippen LogP contribution >= 0.6 is 0 Å². The highest BCUT2D eigenvalue weighted by atomic mass is 16.3. The van der Waals surface area contributed by atoms with Crippen molar-refractivity contribution in [1.82, 2.24) is 4.98 Å². The van der Waals surface area contributed by atoms with Crippen LogP contribution in [0.1, 0.15) is 48.5 Å². The van der Waals surface area contributed by atoms with Crippen molar-refractivity contribution < 1.29 is 19.1 Å². The molecule has 1 aliphatic heterocycles. The Labute approximate surface area is 174 Å². The molecule has 0 saturated heterocycles. The average Bonchev–Trinajstić information content (AvgIpc) is 3.35. The number of aliphatic hydroxyl groups excluding tert-OH is 1. The van der Waals surface area contributed by atoms with Gasteiger partial charge in [0.15, 0.2) is 11.5 Å². The molecule has 3 aromatic rings. The minimum Gasteiger partial charge on any atom is -0.503 e. The first-order chi connectivity index (χ1) is 14.3. The van der Waals surface area contributed by atoms with E-state index in [2.05, 4.69) is 25.8 Å². The number of aromatic nitrogens is 1. The van der Waals surface area contributed by atoms with E-state index in [1.165, 1.54) is 17.2 Å². The van der Waals surface area contributed by atoms with Crippen LogP contribution in [0.3, 0.4) is 0 Å². The van der Waals surface area contributed by atoms with Gasteiger partial charge in [-0.05, 0) is 46.9 Å². The molecule has 1 N–H and O–H groups in total. The van der Waals surface area contributed by atoms with Crippen LogP contribution in [-0.4, -0.2) is 21.8 Å². The minimum absolute atomic E-state index is 0.0251. The zero-order valence-corrected chi connectivity index (χ0v) is 17.0. The second kappa shape index (κ2) is 7.30. The van der Waals surface area contributed by atoms with E-state index in [0.29, 0.717) is 11.3 Å². The molecule has 0 fully saturated rings. The number of rotatable bonds is 4. The van der Waals surface area contributed by atoms with Gasteiger partial charge in [0.05, 0.1) is 17.9 Å². The normalized spacial score (nSPS) is 17.0. The van der Waals surface area contributed by atoms with Crippen molar-refractivity contribution >= 4 is 17.4 Å². The van der Waals surface area contributed by atoms with Gasteiger partial charge in [-0.2, -0.15) is 0 Å². The average molecular weight is 402 g/mol. The third kappa shape index (κ3) is 3.30. The SMILES string of the molecule is CC(C)(C)c1ccc(N2C(=O)C(O)=C(C(=O)c3ccco3)C2c2cccnc2)cc1. The molecule has 1 amide bonds. The molecule has 0 aliphatic carbocycles. The summed E-state index contributed by atoms with van der Waals surface area (Å²) in [5.41, 5.74) is 2.24. The molecule has 1 unspecified atom stereocenters. The number of furan rings is 1. The number of aliphatic hydroxyl groups is 1. The maximum absolute atomic E-state index is 13.1. The molecule has 4 rings (SSSR count). The van der Waals surface area contributed by atoms with Crippen molar-refractivity contribution in [2.45, 2.75) is 32.2 Å². The molecule has 6 heteroatoms. The molecule has 2 aromatic heterocycles. The number of nitrogens with zero attached hydrogens (tertiary/aromatic N) is 2. The molecule has 0 saturated carbocycles. The van der Waals surface area contributed by atoms with Gasteiger partial charge in [0.2, 0.25) is 5.78 Å². The zero-order chi connectivity index (χ0) is 21.5. The standard InChI is InChI=1S/C24H22N2O4/c1-24(2,3)16-8-10-17(11-9-16)26-20(15-6-4-12-25-14-15)19(22(28)23(26)29)21(27)18-7-5-13-30-18/h4-14,20,28H,1-3H3. The Balaban J connectivity index is 1.83. The van der Waals surface area contributed by atoms with Gasteiger partial charge in [-0.1, -0.05) is 39.0 Å². The number of Topliss-reactive ketones (excluding diaryl/α,β-unsaturated/α-hetero) is 1. The Kier molecular flexibility index (Phi) is 4.78. The number of pyridine rings is 1. The second-order valence-corrected chi connectivity index (χ2v) is 8.23. The zero-order valence-electron chi connectivity index (χ0n) is 17.0. The molecule has 0 bridgehead atoms. The number of hydrogen-bond donors (Lipinski definition) is 1. The van der Waals surface area contributed by atoms with Crippen LogP contribution in [0.25, 0.3) is 0 Å². The highest BCUT2D eigenvalue weighted by Gasteiger charge is 2.45. The van der Waals surface area contributed by atoms with E-state index in [4.69, 9.17) is 4.42 Å². The Morgan fingerprint density at radius 3 is 2.40 bits per heavy atom. The summed E-state index contributed by atoms with van der Waals surface area (Å²) >= 11 is 0. The van der Waals surface area contributed by atoms with E-state index in [9.17, 15) is 14.7 Å². The molecular weight excluding hydrogens is 380 g/mol. The van der Waals surface area contributed by atoms with E-state index in [0.717, 1.165) is 5.56 Å². The molecule has 0 radical (unpaired) electrons. The first kappa shape index (κ1) is 19.6. The molecular formula is C24H22N2O4. The third-order valence-electron chi connectivity index (χ3n) is 5.21. The quantitative estimate of drug-likeness (QED) is 0.637. The largest absolute Gasteiger partial charge is 0.503 e. The van der Waals surface area contributed by atoms with E-state index in [1.54, 1.807) is 30.6 Å². The van der Waals surface area contributed by atoms with Crippen molar-refractivity contribution in [2.75, 3.05) is 4.90 Å². The summed E-state index contributed by atoms with van der Waals surface area (Å²) < 4.78 is 5.23.